The molecular formula is C16H25NO3. The van der Waals surface area contributed by atoms with E-state index in [0.717, 1.165) is 25.1 Å². The summed E-state index contributed by atoms with van der Waals surface area (Å²) < 4.78 is 9.95. The van der Waals surface area contributed by atoms with Gasteiger partial charge in [-0.15, -0.1) is 0 Å². The molecule has 0 saturated heterocycles. The zero-order valence-electron chi connectivity index (χ0n) is 12.8. The number of hydrogen-bond donors (Lipinski definition) is 1. The largest absolute Gasteiger partial charge is 0.497 e. The van der Waals surface area contributed by atoms with Crippen molar-refractivity contribution in [3.63, 3.8) is 0 Å². The first-order valence-electron chi connectivity index (χ1n) is 7.01. The van der Waals surface area contributed by atoms with Crippen LogP contribution in [0, 0.1) is 5.92 Å². The Morgan fingerprint density at radius 3 is 2.35 bits per heavy atom. The minimum absolute atomic E-state index is 0.187. The van der Waals surface area contributed by atoms with Gasteiger partial charge in [0.05, 0.1) is 14.2 Å². The van der Waals surface area contributed by atoms with Crippen LogP contribution in [0.1, 0.15) is 25.8 Å². The fourth-order valence-corrected chi connectivity index (χ4v) is 2.06. The number of hydrogen-bond acceptors (Lipinski definition) is 4. The highest BCUT2D eigenvalue weighted by atomic mass is 16.5. The van der Waals surface area contributed by atoms with Crippen LogP contribution >= 0.6 is 0 Å². The Morgan fingerprint density at radius 2 is 1.85 bits per heavy atom. The van der Waals surface area contributed by atoms with Gasteiger partial charge in [0.2, 0.25) is 0 Å². The topological polar surface area (TPSA) is 47.6 Å². The molecule has 4 nitrogen and oxygen atoms in total. The maximum Gasteiger partial charge on any atom is 0.322 e. The van der Waals surface area contributed by atoms with E-state index in [2.05, 4.69) is 19.2 Å². The van der Waals surface area contributed by atoms with Gasteiger partial charge in [0.25, 0.3) is 0 Å². The molecule has 0 aliphatic rings. The molecule has 0 amide bonds. The van der Waals surface area contributed by atoms with E-state index in [1.807, 2.05) is 24.3 Å². The molecule has 1 N–H and O–H groups in total. The van der Waals surface area contributed by atoms with Crippen molar-refractivity contribution < 1.29 is 14.3 Å². The SMILES string of the molecule is COC(=O)C(CC(C)C)NCCc1ccc(OC)cc1. The minimum Gasteiger partial charge on any atom is -0.497 e. The number of carbonyl (C=O) groups is 1. The maximum absolute atomic E-state index is 11.7. The normalized spacial score (nSPS) is 12.2. The molecule has 4 heteroatoms. The van der Waals surface area contributed by atoms with Crippen molar-refractivity contribution in [1.82, 2.24) is 5.32 Å². The van der Waals surface area contributed by atoms with E-state index in [9.17, 15) is 4.79 Å². The zero-order chi connectivity index (χ0) is 15.0. The lowest BCUT2D eigenvalue weighted by molar-refractivity contribution is -0.143. The van der Waals surface area contributed by atoms with E-state index >= 15 is 0 Å². The van der Waals surface area contributed by atoms with Gasteiger partial charge in [0, 0.05) is 0 Å². The summed E-state index contributed by atoms with van der Waals surface area (Å²) in [6, 6.07) is 7.74. The number of rotatable bonds is 8. The van der Waals surface area contributed by atoms with Crippen molar-refractivity contribution in [2.75, 3.05) is 20.8 Å². The standard InChI is InChI=1S/C16H25NO3/c1-12(2)11-15(16(18)20-4)17-10-9-13-5-7-14(19-3)8-6-13/h5-8,12,15,17H,9-11H2,1-4H3. The minimum atomic E-state index is -0.224. The third-order valence-corrected chi connectivity index (χ3v) is 3.16. The Kier molecular flexibility index (Phi) is 7.09. The Labute approximate surface area is 121 Å². The Hall–Kier alpha value is -1.55. The molecule has 0 spiro atoms. The molecule has 0 aliphatic heterocycles. The predicted molar refractivity (Wildman–Crippen MR) is 80.0 cm³/mol. The van der Waals surface area contributed by atoms with Gasteiger partial charge in [0.1, 0.15) is 11.8 Å². The number of nitrogens with one attached hydrogen (secondary N) is 1. The van der Waals surface area contributed by atoms with Gasteiger partial charge >= 0.3 is 5.97 Å². The average molecular weight is 279 g/mol. The fourth-order valence-electron chi connectivity index (χ4n) is 2.06. The van der Waals surface area contributed by atoms with Crippen LogP contribution in [0.2, 0.25) is 0 Å². The Morgan fingerprint density at radius 1 is 1.20 bits per heavy atom. The van der Waals surface area contributed by atoms with Crippen LogP contribution in [0.5, 0.6) is 5.75 Å². The van der Waals surface area contributed by atoms with Crippen molar-refractivity contribution >= 4 is 5.97 Å². The summed E-state index contributed by atoms with van der Waals surface area (Å²) >= 11 is 0. The van der Waals surface area contributed by atoms with Crippen LogP contribution < -0.4 is 10.1 Å². The molecule has 0 aliphatic carbocycles. The summed E-state index contributed by atoms with van der Waals surface area (Å²) in [6.45, 7) is 4.95. The van der Waals surface area contributed by atoms with E-state index in [4.69, 9.17) is 9.47 Å². The van der Waals surface area contributed by atoms with Crippen LogP contribution in [-0.2, 0) is 16.0 Å². The van der Waals surface area contributed by atoms with E-state index in [1.165, 1.54) is 12.7 Å². The van der Waals surface area contributed by atoms with E-state index in [1.54, 1.807) is 7.11 Å². The summed E-state index contributed by atoms with van der Waals surface area (Å²) in [5.41, 5.74) is 1.21. The predicted octanol–water partition coefficient (Wildman–Crippen LogP) is 2.42. The lowest BCUT2D eigenvalue weighted by atomic mass is 10.0. The van der Waals surface area contributed by atoms with Crippen LogP contribution in [0.25, 0.3) is 0 Å². The van der Waals surface area contributed by atoms with E-state index in [-0.39, 0.29) is 12.0 Å². The molecule has 0 fully saturated rings. The Bertz CT molecular complexity index is 401. The van der Waals surface area contributed by atoms with Crippen LogP contribution in [0.4, 0.5) is 0 Å². The summed E-state index contributed by atoms with van der Waals surface area (Å²) in [4.78, 5) is 11.7. The first kappa shape index (κ1) is 16.5. The molecule has 1 atom stereocenters. The molecule has 0 heterocycles. The van der Waals surface area contributed by atoms with Gasteiger partial charge in [0.15, 0.2) is 0 Å². The summed E-state index contributed by atoms with van der Waals surface area (Å²) in [5.74, 6) is 1.12. The first-order valence-corrected chi connectivity index (χ1v) is 7.01. The van der Waals surface area contributed by atoms with Crippen molar-refractivity contribution in [3.8, 4) is 5.75 Å². The molecule has 0 bridgehead atoms. The molecule has 1 unspecified atom stereocenters. The second-order valence-electron chi connectivity index (χ2n) is 5.26. The number of esters is 1. The quantitative estimate of drug-likeness (QED) is 0.742. The molecule has 0 saturated carbocycles. The maximum atomic E-state index is 11.7. The van der Waals surface area contributed by atoms with Crippen LogP contribution in [0.3, 0.4) is 0 Å². The molecule has 20 heavy (non-hydrogen) atoms. The lowest BCUT2D eigenvalue weighted by Gasteiger charge is -2.18. The fraction of sp³-hybridized carbons (Fsp3) is 0.562. The molecule has 1 aromatic rings. The zero-order valence-corrected chi connectivity index (χ0v) is 12.8. The molecule has 1 rings (SSSR count). The van der Waals surface area contributed by atoms with Gasteiger partial charge in [-0.25, -0.2) is 0 Å². The average Bonchev–Trinajstić information content (AvgIpc) is 2.45. The molecule has 1 aromatic carbocycles. The van der Waals surface area contributed by atoms with Gasteiger partial charge in [-0.05, 0) is 43.0 Å². The Balaban J connectivity index is 2.44. The highest BCUT2D eigenvalue weighted by Gasteiger charge is 2.19. The second kappa shape index (κ2) is 8.59. The third kappa shape index (κ3) is 5.61. The summed E-state index contributed by atoms with van der Waals surface area (Å²) in [5, 5.41) is 3.27. The van der Waals surface area contributed by atoms with Gasteiger partial charge in [-0.2, -0.15) is 0 Å². The van der Waals surface area contributed by atoms with Crippen LogP contribution in [-0.4, -0.2) is 32.8 Å². The molecular weight excluding hydrogens is 254 g/mol. The van der Waals surface area contributed by atoms with Crippen molar-refractivity contribution in [3.05, 3.63) is 29.8 Å². The van der Waals surface area contributed by atoms with Crippen LogP contribution in [0.15, 0.2) is 24.3 Å². The molecule has 112 valence electrons. The second-order valence-corrected chi connectivity index (χ2v) is 5.26. The van der Waals surface area contributed by atoms with Gasteiger partial charge in [-0.1, -0.05) is 26.0 Å². The lowest BCUT2D eigenvalue weighted by Crippen LogP contribution is -2.39. The summed E-state index contributed by atoms with van der Waals surface area (Å²) in [6.07, 6.45) is 1.66. The van der Waals surface area contributed by atoms with Gasteiger partial charge < -0.3 is 14.8 Å². The highest BCUT2D eigenvalue weighted by molar-refractivity contribution is 5.75. The number of benzene rings is 1. The summed E-state index contributed by atoms with van der Waals surface area (Å²) in [7, 11) is 3.09. The van der Waals surface area contributed by atoms with Crippen molar-refractivity contribution in [2.45, 2.75) is 32.7 Å². The third-order valence-electron chi connectivity index (χ3n) is 3.16. The molecule has 0 aromatic heterocycles. The number of methoxy groups -OCH3 is 2. The smallest absolute Gasteiger partial charge is 0.322 e. The van der Waals surface area contributed by atoms with Crippen molar-refractivity contribution in [1.29, 1.82) is 0 Å². The number of ether oxygens (including phenoxy) is 2. The first-order chi connectivity index (χ1) is 9.56. The number of carbonyl (C=O) groups excluding carboxylic acids is 1. The van der Waals surface area contributed by atoms with E-state index < -0.39 is 0 Å². The van der Waals surface area contributed by atoms with E-state index in [0.29, 0.717) is 5.92 Å². The molecule has 0 radical (unpaired) electrons. The highest BCUT2D eigenvalue weighted by Crippen LogP contribution is 2.12. The van der Waals surface area contributed by atoms with Gasteiger partial charge in [-0.3, -0.25) is 4.79 Å². The monoisotopic (exact) mass is 279 g/mol. The van der Waals surface area contributed by atoms with Crippen molar-refractivity contribution in [2.24, 2.45) is 5.92 Å².